The lowest BCUT2D eigenvalue weighted by Crippen LogP contribution is -2.15. The number of halogens is 2. The highest BCUT2D eigenvalue weighted by Gasteiger charge is 2.02. The first-order valence-corrected chi connectivity index (χ1v) is 3.41. The van der Waals surface area contributed by atoms with Crippen molar-refractivity contribution in [2.75, 3.05) is 6.54 Å². The number of carbonyl (C=O) groups excluding carboxylic acids is 1. The first kappa shape index (κ1) is 14.9. The molecular weight excluding hydrogens is 211 g/mol. The van der Waals surface area contributed by atoms with E-state index in [-0.39, 0.29) is 37.1 Å². The summed E-state index contributed by atoms with van der Waals surface area (Å²) in [6.45, 7) is 1.86. The van der Waals surface area contributed by atoms with E-state index in [4.69, 9.17) is 5.73 Å². The summed E-state index contributed by atoms with van der Waals surface area (Å²) in [4.78, 5) is 15.0. The third-order valence-corrected chi connectivity index (χ3v) is 1.36. The number of nitrogens with two attached hydrogens (primary N) is 1. The van der Waals surface area contributed by atoms with Gasteiger partial charge >= 0.3 is 0 Å². The SMILES string of the molecule is Cc1cccc(C(=O)CN)n1.Cl.Cl. The van der Waals surface area contributed by atoms with Gasteiger partial charge in [-0.15, -0.1) is 24.8 Å². The van der Waals surface area contributed by atoms with Crippen LogP contribution < -0.4 is 5.73 Å². The Bertz CT molecular complexity index is 279. The predicted molar refractivity (Wildman–Crippen MR) is 56.9 cm³/mol. The zero-order valence-corrected chi connectivity index (χ0v) is 8.82. The third-order valence-electron chi connectivity index (χ3n) is 1.36. The monoisotopic (exact) mass is 222 g/mol. The highest BCUT2D eigenvalue weighted by Crippen LogP contribution is 1.97. The summed E-state index contributed by atoms with van der Waals surface area (Å²) in [7, 11) is 0. The molecule has 1 aromatic rings. The standard InChI is InChI=1S/C8H10N2O.2ClH/c1-6-3-2-4-7(10-6)8(11)5-9;;/h2-4H,5,9H2,1H3;2*1H. The molecule has 1 rings (SSSR count). The number of ketones is 1. The summed E-state index contributed by atoms with van der Waals surface area (Å²) in [6.07, 6.45) is 0. The molecule has 0 unspecified atom stereocenters. The fourth-order valence-electron chi connectivity index (χ4n) is 0.803. The van der Waals surface area contributed by atoms with E-state index in [0.717, 1.165) is 5.69 Å². The molecule has 13 heavy (non-hydrogen) atoms. The molecule has 0 bridgehead atoms. The van der Waals surface area contributed by atoms with Gasteiger partial charge in [-0.2, -0.15) is 0 Å². The molecule has 0 aliphatic carbocycles. The van der Waals surface area contributed by atoms with Crippen molar-refractivity contribution in [3.63, 3.8) is 0 Å². The van der Waals surface area contributed by atoms with Crippen molar-refractivity contribution < 1.29 is 4.79 Å². The van der Waals surface area contributed by atoms with Crippen molar-refractivity contribution in [2.45, 2.75) is 6.92 Å². The van der Waals surface area contributed by atoms with Crippen molar-refractivity contribution in [3.8, 4) is 0 Å². The molecule has 0 saturated heterocycles. The molecule has 0 atom stereocenters. The molecule has 0 radical (unpaired) electrons. The zero-order chi connectivity index (χ0) is 8.27. The highest BCUT2D eigenvalue weighted by molar-refractivity contribution is 5.95. The molecule has 0 aliphatic heterocycles. The van der Waals surface area contributed by atoms with Gasteiger partial charge in [0.2, 0.25) is 0 Å². The Kier molecular flexibility index (Phi) is 7.81. The molecule has 5 heteroatoms. The Morgan fingerprint density at radius 2 is 2.08 bits per heavy atom. The minimum Gasteiger partial charge on any atom is -0.324 e. The van der Waals surface area contributed by atoms with E-state index < -0.39 is 0 Å². The Hall–Kier alpha value is -0.640. The van der Waals surface area contributed by atoms with Crippen LogP contribution in [-0.2, 0) is 0 Å². The Morgan fingerprint density at radius 3 is 2.54 bits per heavy atom. The second-order valence-corrected chi connectivity index (χ2v) is 2.29. The number of aromatic nitrogens is 1. The summed E-state index contributed by atoms with van der Waals surface area (Å²) in [5.74, 6) is -0.117. The maximum atomic E-state index is 11.0. The first-order chi connectivity index (χ1) is 5.24. The molecule has 0 aromatic carbocycles. The maximum Gasteiger partial charge on any atom is 0.194 e. The number of nitrogens with zero attached hydrogens (tertiary/aromatic N) is 1. The second-order valence-electron chi connectivity index (χ2n) is 2.29. The maximum absolute atomic E-state index is 11.0. The average molecular weight is 223 g/mol. The summed E-state index contributed by atoms with van der Waals surface area (Å²) < 4.78 is 0. The van der Waals surface area contributed by atoms with Crippen LogP contribution in [0.3, 0.4) is 0 Å². The van der Waals surface area contributed by atoms with Gasteiger partial charge in [0.25, 0.3) is 0 Å². The Labute approximate surface area is 89.6 Å². The van der Waals surface area contributed by atoms with Crippen LogP contribution in [0.4, 0.5) is 0 Å². The Balaban J connectivity index is 0. The summed E-state index contributed by atoms with van der Waals surface area (Å²) in [6, 6.07) is 5.31. The Morgan fingerprint density at radius 1 is 1.46 bits per heavy atom. The molecule has 3 nitrogen and oxygen atoms in total. The number of rotatable bonds is 2. The molecule has 0 aliphatic rings. The molecule has 1 aromatic heterocycles. The molecule has 0 spiro atoms. The van der Waals surface area contributed by atoms with Crippen LogP contribution >= 0.6 is 24.8 Å². The van der Waals surface area contributed by atoms with Crippen molar-refractivity contribution in [2.24, 2.45) is 5.73 Å². The fourth-order valence-corrected chi connectivity index (χ4v) is 0.803. The number of hydrogen-bond donors (Lipinski definition) is 1. The summed E-state index contributed by atoms with van der Waals surface area (Å²) >= 11 is 0. The van der Waals surface area contributed by atoms with Gasteiger partial charge in [-0.1, -0.05) is 6.07 Å². The van der Waals surface area contributed by atoms with Gasteiger partial charge in [-0.25, -0.2) is 4.98 Å². The number of Topliss-reactive ketones (excluding diaryl/α,β-unsaturated/α-hetero) is 1. The molecule has 2 N–H and O–H groups in total. The molecule has 74 valence electrons. The molecule has 0 saturated carbocycles. The predicted octanol–water partition coefficient (Wildman–Crippen LogP) is 1.38. The fraction of sp³-hybridized carbons (Fsp3) is 0.250. The van der Waals surface area contributed by atoms with Crippen molar-refractivity contribution in [1.29, 1.82) is 0 Å². The van der Waals surface area contributed by atoms with Crippen LogP contribution in [0.2, 0.25) is 0 Å². The summed E-state index contributed by atoms with van der Waals surface area (Å²) in [5.41, 5.74) is 6.45. The van der Waals surface area contributed by atoms with Crippen LogP contribution in [-0.4, -0.2) is 17.3 Å². The lowest BCUT2D eigenvalue weighted by atomic mass is 10.2. The van der Waals surface area contributed by atoms with E-state index in [1.54, 1.807) is 12.1 Å². The smallest absolute Gasteiger partial charge is 0.194 e. The van der Waals surface area contributed by atoms with E-state index in [2.05, 4.69) is 4.98 Å². The van der Waals surface area contributed by atoms with Gasteiger partial charge < -0.3 is 5.73 Å². The number of carbonyl (C=O) groups is 1. The van der Waals surface area contributed by atoms with Crippen molar-refractivity contribution >= 4 is 30.6 Å². The minimum absolute atomic E-state index is 0. The van der Waals surface area contributed by atoms with Gasteiger partial charge in [-0.3, -0.25) is 4.79 Å². The van der Waals surface area contributed by atoms with E-state index in [9.17, 15) is 4.79 Å². The van der Waals surface area contributed by atoms with Crippen LogP contribution in [0.15, 0.2) is 18.2 Å². The molecular formula is C8H12Cl2N2O. The molecule has 0 amide bonds. The minimum atomic E-state index is -0.117. The van der Waals surface area contributed by atoms with Crippen molar-refractivity contribution in [3.05, 3.63) is 29.6 Å². The number of pyridine rings is 1. The first-order valence-electron chi connectivity index (χ1n) is 3.41. The van der Waals surface area contributed by atoms with E-state index >= 15 is 0 Å². The highest BCUT2D eigenvalue weighted by atomic mass is 35.5. The van der Waals surface area contributed by atoms with Gasteiger partial charge in [0, 0.05) is 5.69 Å². The van der Waals surface area contributed by atoms with Crippen LogP contribution in [0.25, 0.3) is 0 Å². The van der Waals surface area contributed by atoms with Crippen LogP contribution in [0.5, 0.6) is 0 Å². The van der Waals surface area contributed by atoms with Crippen LogP contribution in [0.1, 0.15) is 16.2 Å². The molecule has 1 heterocycles. The van der Waals surface area contributed by atoms with E-state index in [0.29, 0.717) is 5.69 Å². The number of aryl methyl sites for hydroxylation is 1. The van der Waals surface area contributed by atoms with Crippen LogP contribution in [0, 0.1) is 6.92 Å². The lowest BCUT2D eigenvalue weighted by molar-refractivity contribution is 0.0996. The summed E-state index contributed by atoms with van der Waals surface area (Å²) in [5, 5.41) is 0. The second kappa shape index (κ2) is 6.83. The normalized spacial score (nSPS) is 8.15. The zero-order valence-electron chi connectivity index (χ0n) is 7.19. The average Bonchev–Trinajstić information content (AvgIpc) is 2.03. The lowest BCUT2D eigenvalue weighted by Gasteiger charge is -1.96. The van der Waals surface area contributed by atoms with Gasteiger partial charge in [0.05, 0.1) is 6.54 Å². The largest absolute Gasteiger partial charge is 0.324 e. The quantitative estimate of drug-likeness (QED) is 0.770. The third kappa shape index (κ3) is 4.22. The van der Waals surface area contributed by atoms with Gasteiger partial charge in [-0.05, 0) is 19.1 Å². The van der Waals surface area contributed by atoms with E-state index in [1.807, 2.05) is 13.0 Å². The van der Waals surface area contributed by atoms with E-state index in [1.165, 1.54) is 0 Å². The van der Waals surface area contributed by atoms with Gasteiger partial charge in [0.1, 0.15) is 5.69 Å². The van der Waals surface area contributed by atoms with Crippen molar-refractivity contribution in [1.82, 2.24) is 4.98 Å². The number of hydrogen-bond acceptors (Lipinski definition) is 3. The molecule has 0 fully saturated rings. The van der Waals surface area contributed by atoms with Gasteiger partial charge in [0.15, 0.2) is 5.78 Å². The topological polar surface area (TPSA) is 56.0 Å².